The topological polar surface area (TPSA) is 105 Å². The van der Waals surface area contributed by atoms with Gasteiger partial charge in [-0.3, -0.25) is 0 Å². The molecular formula is C16H24N2O5S. The van der Waals surface area contributed by atoms with Crippen molar-refractivity contribution in [2.45, 2.75) is 37.7 Å². The molecule has 1 saturated heterocycles. The molecule has 0 bridgehead atoms. The molecule has 0 aliphatic carbocycles. The van der Waals surface area contributed by atoms with Crippen molar-refractivity contribution in [3.8, 4) is 0 Å². The highest BCUT2D eigenvalue weighted by molar-refractivity contribution is 7.89. The van der Waals surface area contributed by atoms with Crippen LogP contribution in [0.4, 0.5) is 5.69 Å². The van der Waals surface area contributed by atoms with Gasteiger partial charge in [-0.05, 0) is 37.0 Å². The highest BCUT2D eigenvalue weighted by Gasteiger charge is 2.22. The molecule has 1 atom stereocenters. The monoisotopic (exact) mass is 356 g/mol. The quantitative estimate of drug-likeness (QED) is 0.657. The second-order valence-corrected chi connectivity index (χ2v) is 8.04. The maximum atomic E-state index is 12.4. The van der Waals surface area contributed by atoms with Crippen molar-refractivity contribution >= 4 is 21.7 Å². The molecule has 3 N–H and O–H groups in total. The first-order valence-corrected chi connectivity index (χ1v) is 9.50. The molecule has 0 aromatic heterocycles. The van der Waals surface area contributed by atoms with Gasteiger partial charge in [0.2, 0.25) is 10.0 Å². The smallest absolute Gasteiger partial charge is 0.337 e. The Balaban J connectivity index is 2.16. The van der Waals surface area contributed by atoms with Gasteiger partial charge in [-0.1, -0.05) is 13.8 Å². The second kappa shape index (κ2) is 7.96. The standard InChI is InChI=1S/C16H24N2O5S/c1-11(2)9-17-15-6-5-13(8-14(15)16(19)20)24(21,22)18-10-12-4-3-7-23-12/h5-6,8,11-12,17-18H,3-4,7,9-10H2,1-2H3,(H,19,20)/t12-/m1/s1. The number of hydrogen-bond acceptors (Lipinski definition) is 5. The summed E-state index contributed by atoms with van der Waals surface area (Å²) in [6.07, 6.45) is 1.62. The Kier molecular flexibility index (Phi) is 6.20. The molecule has 0 radical (unpaired) electrons. The molecule has 0 saturated carbocycles. The summed E-state index contributed by atoms with van der Waals surface area (Å²) in [6.45, 7) is 5.44. The van der Waals surface area contributed by atoms with E-state index < -0.39 is 16.0 Å². The van der Waals surface area contributed by atoms with Crippen molar-refractivity contribution in [3.05, 3.63) is 23.8 Å². The molecule has 0 unspecified atom stereocenters. The predicted octanol–water partition coefficient (Wildman–Crippen LogP) is 1.91. The number of sulfonamides is 1. The minimum atomic E-state index is -3.77. The Labute approximate surface area is 142 Å². The highest BCUT2D eigenvalue weighted by atomic mass is 32.2. The fourth-order valence-corrected chi connectivity index (χ4v) is 3.52. The van der Waals surface area contributed by atoms with E-state index in [2.05, 4.69) is 10.0 Å². The van der Waals surface area contributed by atoms with E-state index in [4.69, 9.17) is 4.74 Å². The number of carbonyl (C=O) groups is 1. The molecule has 0 spiro atoms. The maximum absolute atomic E-state index is 12.4. The number of anilines is 1. The normalized spacial score (nSPS) is 18.0. The molecule has 2 rings (SSSR count). The Morgan fingerprint density at radius 1 is 1.42 bits per heavy atom. The number of nitrogens with one attached hydrogen (secondary N) is 2. The van der Waals surface area contributed by atoms with Gasteiger partial charge in [-0.25, -0.2) is 17.9 Å². The Bertz CT molecular complexity index is 682. The number of hydrogen-bond donors (Lipinski definition) is 3. The summed E-state index contributed by atoms with van der Waals surface area (Å²) in [4.78, 5) is 11.4. The summed E-state index contributed by atoms with van der Waals surface area (Å²) in [5.41, 5.74) is 0.352. The van der Waals surface area contributed by atoms with Crippen LogP contribution in [0, 0.1) is 5.92 Å². The second-order valence-electron chi connectivity index (χ2n) is 6.27. The van der Waals surface area contributed by atoms with Crippen LogP contribution in [0.1, 0.15) is 37.0 Å². The number of aromatic carboxylic acids is 1. The van der Waals surface area contributed by atoms with Crippen LogP contribution in [0.3, 0.4) is 0 Å². The molecule has 1 heterocycles. The van der Waals surface area contributed by atoms with Crippen LogP contribution in [0.2, 0.25) is 0 Å². The largest absolute Gasteiger partial charge is 0.478 e. The first kappa shape index (κ1) is 18.7. The van der Waals surface area contributed by atoms with Crippen LogP contribution in [0.25, 0.3) is 0 Å². The van der Waals surface area contributed by atoms with E-state index >= 15 is 0 Å². The zero-order valence-electron chi connectivity index (χ0n) is 13.9. The molecule has 24 heavy (non-hydrogen) atoms. The van der Waals surface area contributed by atoms with Crippen LogP contribution < -0.4 is 10.0 Å². The summed E-state index contributed by atoms with van der Waals surface area (Å²) < 4.78 is 32.6. The van der Waals surface area contributed by atoms with E-state index in [-0.39, 0.29) is 23.1 Å². The third kappa shape index (κ3) is 4.93. The highest BCUT2D eigenvalue weighted by Crippen LogP contribution is 2.21. The van der Waals surface area contributed by atoms with E-state index in [9.17, 15) is 18.3 Å². The molecule has 1 aromatic carbocycles. The number of rotatable bonds is 8. The van der Waals surface area contributed by atoms with Crippen LogP contribution >= 0.6 is 0 Å². The van der Waals surface area contributed by atoms with E-state index in [1.807, 2.05) is 13.8 Å². The fourth-order valence-electron chi connectivity index (χ4n) is 2.43. The average molecular weight is 356 g/mol. The first-order chi connectivity index (χ1) is 11.3. The molecule has 1 aliphatic rings. The van der Waals surface area contributed by atoms with Gasteiger partial charge >= 0.3 is 5.97 Å². The number of benzene rings is 1. The third-order valence-electron chi connectivity index (χ3n) is 3.76. The van der Waals surface area contributed by atoms with E-state index in [0.29, 0.717) is 24.8 Å². The zero-order chi connectivity index (χ0) is 17.7. The van der Waals surface area contributed by atoms with Crippen molar-refractivity contribution in [2.75, 3.05) is 25.0 Å². The number of carboxylic acid groups (broad SMARTS) is 1. The lowest BCUT2D eigenvalue weighted by atomic mass is 10.1. The van der Waals surface area contributed by atoms with Crippen molar-refractivity contribution in [2.24, 2.45) is 5.92 Å². The maximum Gasteiger partial charge on any atom is 0.337 e. The summed E-state index contributed by atoms with van der Waals surface area (Å²) >= 11 is 0. The van der Waals surface area contributed by atoms with Gasteiger partial charge in [0.25, 0.3) is 0 Å². The van der Waals surface area contributed by atoms with E-state index in [1.165, 1.54) is 18.2 Å². The van der Waals surface area contributed by atoms with Crippen molar-refractivity contribution < 1.29 is 23.1 Å². The minimum absolute atomic E-state index is 0.0596. The lowest BCUT2D eigenvalue weighted by Gasteiger charge is -2.14. The van der Waals surface area contributed by atoms with Gasteiger partial charge in [0.1, 0.15) is 0 Å². The molecule has 1 aromatic rings. The molecular weight excluding hydrogens is 332 g/mol. The van der Waals surface area contributed by atoms with Gasteiger partial charge in [-0.15, -0.1) is 0 Å². The first-order valence-electron chi connectivity index (χ1n) is 8.02. The Morgan fingerprint density at radius 3 is 2.75 bits per heavy atom. The summed E-state index contributed by atoms with van der Waals surface area (Å²) in [5.74, 6) is -0.833. The predicted molar refractivity (Wildman–Crippen MR) is 90.9 cm³/mol. The Hall–Kier alpha value is -1.64. The van der Waals surface area contributed by atoms with Gasteiger partial charge in [0.15, 0.2) is 0 Å². The SMILES string of the molecule is CC(C)CNc1ccc(S(=O)(=O)NC[C@H]2CCCO2)cc1C(=O)O. The number of ether oxygens (including phenoxy) is 1. The average Bonchev–Trinajstić information content (AvgIpc) is 3.04. The Morgan fingerprint density at radius 2 is 2.17 bits per heavy atom. The van der Waals surface area contributed by atoms with Crippen LogP contribution in [-0.2, 0) is 14.8 Å². The summed E-state index contributed by atoms with van der Waals surface area (Å²) in [6, 6.07) is 4.09. The van der Waals surface area contributed by atoms with E-state index in [1.54, 1.807) is 0 Å². The lowest BCUT2D eigenvalue weighted by Crippen LogP contribution is -2.32. The molecule has 1 fully saturated rings. The van der Waals surface area contributed by atoms with Crippen LogP contribution in [0.5, 0.6) is 0 Å². The molecule has 134 valence electrons. The van der Waals surface area contributed by atoms with Gasteiger partial charge in [-0.2, -0.15) is 0 Å². The minimum Gasteiger partial charge on any atom is -0.478 e. The summed E-state index contributed by atoms with van der Waals surface area (Å²) in [7, 11) is -3.77. The van der Waals surface area contributed by atoms with Crippen molar-refractivity contribution in [1.29, 1.82) is 0 Å². The fraction of sp³-hybridized carbons (Fsp3) is 0.562. The number of carboxylic acids is 1. The van der Waals surface area contributed by atoms with E-state index in [0.717, 1.165) is 12.8 Å². The molecule has 8 heteroatoms. The van der Waals surface area contributed by atoms with Crippen molar-refractivity contribution in [1.82, 2.24) is 4.72 Å². The molecule has 0 amide bonds. The van der Waals surface area contributed by atoms with Crippen LogP contribution in [-0.4, -0.2) is 45.3 Å². The molecule has 1 aliphatic heterocycles. The van der Waals surface area contributed by atoms with Gasteiger partial charge in [0, 0.05) is 25.4 Å². The third-order valence-corrected chi connectivity index (χ3v) is 5.18. The lowest BCUT2D eigenvalue weighted by molar-refractivity contribution is 0.0697. The summed E-state index contributed by atoms with van der Waals surface area (Å²) in [5, 5.41) is 12.4. The van der Waals surface area contributed by atoms with Crippen LogP contribution in [0.15, 0.2) is 23.1 Å². The zero-order valence-corrected chi connectivity index (χ0v) is 14.7. The van der Waals surface area contributed by atoms with Gasteiger partial charge < -0.3 is 15.2 Å². The van der Waals surface area contributed by atoms with Crippen molar-refractivity contribution in [3.63, 3.8) is 0 Å². The van der Waals surface area contributed by atoms with Gasteiger partial charge in [0.05, 0.1) is 16.6 Å². The molecule has 7 nitrogen and oxygen atoms in total.